The molecule has 122 valence electrons. The number of hydrogen-bond acceptors (Lipinski definition) is 3. The van der Waals surface area contributed by atoms with Crippen LogP contribution in [0.2, 0.25) is 0 Å². The molecule has 0 N–H and O–H groups in total. The molecule has 3 nitrogen and oxygen atoms in total. The third kappa shape index (κ3) is 4.03. The summed E-state index contributed by atoms with van der Waals surface area (Å²) in [6.07, 6.45) is 1.03. The summed E-state index contributed by atoms with van der Waals surface area (Å²) in [7, 11) is 0. The van der Waals surface area contributed by atoms with Crippen molar-refractivity contribution in [3.05, 3.63) is 56.2 Å². The van der Waals surface area contributed by atoms with Gasteiger partial charge in [0.25, 0.3) is 5.91 Å². The van der Waals surface area contributed by atoms with Crippen molar-refractivity contribution >= 4 is 33.2 Å². The number of aryl methyl sites for hydroxylation is 1. The minimum atomic E-state index is 0.137. The van der Waals surface area contributed by atoms with Crippen molar-refractivity contribution in [1.82, 2.24) is 9.80 Å². The quantitative estimate of drug-likeness (QED) is 0.782. The zero-order chi connectivity index (χ0) is 16.2. The molecular weight excluding hydrogens is 372 g/mol. The highest BCUT2D eigenvalue weighted by Gasteiger charge is 2.22. The Morgan fingerprint density at radius 3 is 2.87 bits per heavy atom. The first-order valence-corrected chi connectivity index (χ1v) is 9.66. The van der Waals surface area contributed by atoms with E-state index in [0.717, 1.165) is 54.7 Å². The molecule has 1 saturated heterocycles. The number of thiophene rings is 1. The number of benzene rings is 1. The van der Waals surface area contributed by atoms with Gasteiger partial charge in [0.15, 0.2) is 0 Å². The second-order valence-electron chi connectivity index (χ2n) is 5.99. The molecular formula is C18H21BrN2OS. The van der Waals surface area contributed by atoms with Gasteiger partial charge in [0.1, 0.15) is 0 Å². The fourth-order valence-corrected chi connectivity index (χ4v) is 4.05. The molecule has 2 heterocycles. The van der Waals surface area contributed by atoms with E-state index >= 15 is 0 Å². The average Bonchev–Trinajstić information content (AvgIpc) is 2.94. The molecule has 0 unspecified atom stereocenters. The molecule has 0 radical (unpaired) electrons. The summed E-state index contributed by atoms with van der Waals surface area (Å²) in [5, 5.41) is 4.33. The summed E-state index contributed by atoms with van der Waals surface area (Å²) in [6, 6.07) is 8.07. The maximum absolute atomic E-state index is 12.8. The second-order valence-corrected chi connectivity index (χ2v) is 7.56. The Kier molecular flexibility index (Phi) is 5.51. The van der Waals surface area contributed by atoms with Crippen molar-refractivity contribution in [3.63, 3.8) is 0 Å². The maximum atomic E-state index is 12.8. The normalized spacial score (nSPS) is 16.3. The summed E-state index contributed by atoms with van der Waals surface area (Å²) in [6.45, 7) is 6.62. The number of halogens is 1. The Bertz CT molecular complexity index is 672. The highest BCUT2D eigenvalue weighted by atomic mass is 79.9. The first kappa shape index (κ1) is 16.7. The van der Waals surface area contributed by atoms with Gasteiger partial charge in [0.2, 0.25) is 0 Å². The zero-order valence-electron chi connectivity index (χ0n) is 13.3. The van der Waals surface area contributed by atoms with Crippen LogP contribution in [-0.2, 0) is 6.54 Å². The summed E-state index contributed by atoms with van der Waals surface area (Å²) < 4.78 is 0.921. The van der Waals surface area contributed by atoms with Gasteiger partial charge in [-0.2, -0.15) is 11.3 Å². The molecule has 0 aliphatic carbocycles. The molecule has 23 heavy (non-hydrogen) atoms. The fourth-order valence-electron chi connectivity index (χ4n) is 2.96. The number of rotatable bonds is 3. The smallest absolute Gasteiger partial charge is 0.255 e. The lowest BCUT2D eigenvalue weighted by Crippen LogP contribution is -2.35. The van der Waals surface area contributed by atoms with Gasteiger partial charge in [-0.25, -0.2) is 0 Å². The van der Waals surface area contributed by atoms with Gasteiger partial charge in [-0.1, -0.05) is 12.1 Å². The molecule has 0 atom stereocenters. The van der Waals surface area contributed by atoms with Crippen LogP contribution in [0.4, 0.5) is 0 Å². The Balaban J connectivity index is 1.65. The largest absolute Gasteiger partial charge is 0.337 e. The van der Waals surface area contributed by atoms with Crippen LogP contribution in [0.1, 0.15) is 27.9 Å². The van der Waals surface area contributed by atoms with E-state index in [0.29, 0.717) is 0 Å². The van der Waals surface area contributed by atoms with Crippen LogP contribution in [0.15, 0.2) is 39.5 Å². The van der Waals surface area contributed by atoms with Gasteiger partial charge in [-0.05, 0) is 63.3 Å². The highest BCUT2D eigenvalue weighted by molar-refractivity contribution is 9.10. The molecule has 1 amide bonds. The summed E-state index contributed by atoms with van der Waals surface area (Å²) in [4.78, 5) is 17.3. The molecule has 1 fully saturated rings. The Morgan fingerprint density at radius 2 is 2.09 bits per heavy atom. The van der Waals surface area contributed by atoms with Crippen LogP contribution in [0.5, 0.6) is 0 Å². The van der Waals surface area contributed by atoms with Crippen molar-refractivity contribution in [2.45, 2.75) is 19.9 Å². The number of carbonyl (C=O) groups is 1. The van der Waals surface area contributed by atoms with Gasteiger partial charge >= 0.3 is 0 Å². The predicted octanol–water partition coefficient (Wildman–Crippen LogP) is 4.17. The lowest BCUT2D eigenvalue weighted by atomic mass is 10.1. The van der Waals surface area contributed by atoms with Gasteiger partial charge < -0.3 is 4.90 Å². The summed E-state index contributed by atoms with van der Waals surface area (Å²) in [5.41, 5.74) is 3.25. The fraction of sp³-hybridized carbons (Fsp3) is 0.389. The van der Waals surface area contributed by atoms with Crippen molar-refractivity contribution in [3.8, 4) is 0 Å². The topological polar surface area (TPSA) is 23.6 Å². The summed E-state index contributed by atoms with van der Waals surface area (Å²) >= 11 is 5.30. The lowest BCUT2D eigenvalue weighted by Gasteiger charge is -2.22. The van der Waals surface area contributed by atoms with Crippen LogP contribution < -0.4 is 0 Å². The first-order valence-electron chi connectivity index (χ1n) is 7.93. The Hall–Kier alpha value is -1.17. The van der Waals surface area contributed by atoms with Gasteiger partial charge in [0, 0.05) is 37.2 Å². The molecule has 1 aliphatic rings. The summed E-state index contributed by atoms with van der Waals surface area (Å²) in [5.74, 6) is 0.137. The molecule has 0 saturated carbocycles. The Morgan fingerprint density at radius 1 is 1.22 bits per heavy atom. The highest BCUT2D eigenvalue weighted by Crippen LogP contribution is 2.23. The van der Waals surface area contributed by atoms with E-state index in [9.17, 15) is 4.79 Å². The molecule has 2 aromatic rings. The standard InChI is InChI=1S/C18H21BrN2OS/c1-14-4-2-5-16(17(14)19)18(22)21-8-3-7-20(9-10-21)12-15-6-11-23-13-15/h2,4-6,11,13H,3,7-10,12H2,1H3. The van der Waals surface area contributed by atoms with Crippen LogP contribution in [0.3, 0.4) is 0 Å². The molecule has 1 aliphatic heterocycles. The average molecular weight is 393 g/mol. The molecule has 1 aromatic heterocycles. The van der Waals surface area contributed by atoms with E-state index in [4.69, 9.17) is 0 Å². The molecule has 5 heteroatoms. The predicted molar refractivity (Wildman–Crippen MR) is 99.0 cm³/mol. The number of carbonyl (C=O) groups excluding carboxylic acids is 1. The number of hydrogen-bond donors (Lipinski definition) is 0. The van der Waals surface area contributed by atoms with Crippen molar-refractivity contribution < 1.29 is 4.79 Å². The van der Waals surface area contributed by atoms with E-state index in [2.05, 4.69) is 37.7 Å². The molecule has 0 bridgehead atoms. The van der Waals surface area contributed by atoms with E-state index in [-0.39, 0.29) is 5.91 Å². The zero-order valence-corrected chi connectivity index (χ0v) is 15.7. The van der Waals surface area contributed by atoms with E-state index in [1.807, 2.05) is 30.0 Å². The van der Waals surface area contributed by atoms with E-state index in [1.165, 1.54) is 5.56 Å². The number of amides is 1. The molecule has 1 aromatic carbocycles. The van der Waals surface area contributed by atoms with Crippen molar-refractivity contribution in [2.24, 2.45) is 0 Å². The van der Waals surface area contributed by atoms with E-state index < -0.39 is 0 Å². The minimum absolute atomic E-state index is 0.137. The van der Waals surface area contributed by atoms with Crippen molar-refractivity contribution in [2.75, 3.05) is 26.2 Å². The van der Waals surface area contributed by atoms with Gasteiger partial charge in [0.05, 0.1) is 5.56 Å². The van der Waals surface area contributed by atoms with E-state index in [1.54, 1.807) is 11.3 Å². The third-order valence-electron chi connectivity index (χ3n) is 4.28. The Labute approximate surface area is 150 Å². The maximum Gasteiger partial charge on any atom is 0.255 e. The van der Waals surface area contributed by atoms with Crippen LogP contribution in [0.25, 0.3) is 0 Å². The number of nitrogens with zero attached hydrogens (tertiary/aromatic N) is 2. The first-order chi connectivity index (χ1) is 11.1. The van der Waals surface area contributed by atoms with Gasteiger partial charge in [-0.3, -0.25) is 9.69 Å². The van der Waals surface area contributed by atoms with Crippen LogP contribution >= 0.6 is 27.3 Å². The van der Waals surface area contributed by atoms with Crippen molar-refractivity contribution in [1.29, 1.82) is 0 Å². The van der Waals surface area contributed by atoms with Crippen LogP contribution in [-0.4, -0.2) is 41.9 Å². The minimum Gasteiger partial charge on any atom is -0.337 e. The van der Waals surface area contributed by atoms with Gasteiger partial charge in [-0.15, -0.1) is 0 Å². The monoisotopic (exact) mass is 392 g/mol. The SMILES string of the molecule is Cc1cccc(C(=O)N2CCCN(Cc3ccsc3)CC2)c1Br. The molecule has 0 spiro atoms. The second kappa shape index (κ2) is 7.60. The third-order valence-corrected chi connectivity index (χ3v) is 6.07. The van der Waals surface area contributed by atoms with Crippen LogP contribution in [0, 0.1) is 6.92 Å². The molecule has 3 rings (SSSR count). The lowest BCUT2D eigenvalue weighted by molar-refractivity contribution is 0.0760.